The van der Waals surface area contributed by atoms with Gasteiger partial charge in [-0.3, -0.25) is 0 Å². The van der Waals surface area contributed by atoms with Crippen LogP contribution in [-0.4, -0.2) is 105 Å². The van der Waals surface area contributed by atoms with Gasteiger partial charge in [-0.2, -0.15) is 0 Å². The third kappa shape index (κ3) is 5.61. The number of nitrogen functional groups attached to an aromatic ring is 2. The average Bonchev–Trinajstić information content (AvgIpc) is 3.17. The molecule has 2 aliphatic carbocycles. The fourth-order valence-electron chi connectivity index (χ4n) is 9.03. The van der Waals surface area contributed by atoms with Crippen LogP contribution in [0.5, 0.6) is 11.5 Å². The molecule has 0 saturated carbocycles. The van der Waals surface area contributed by atoms with Crippen molar-refractivity contribution in [2.75, 3.05) is 121 Å². The van der Waals surface area contributed by atoms with Crippen molar-refractivity contribution in [3.8, 4) is 17.6 Å². The van der Waals surface area contributed by atoms with Gasteiger partial charge in [-0.25, -0.2) is 14.7 Å². The van der Waals surface area contributed by atoms with E-state index in [2.05, 4.69) is 10.9 Å². The van der Waals surface area contributed by atoms with E-state index in [1.54, 1.807) is 36.4 Å². The number of phenols is 2. The molecule has 306 valence electrons. The van der Waals surface area contributed by atoms with Crippen molar-refractivity contribution < 1.29 is 19.9 Å². The zero-order chi connectivity index (χ0) is 44.0. The Kier molecular flexibility index (Phi) is 9.76. The van der Waals surface area contributed by atoms with E-state index in [9.17, 15) is 15.5 Å². The Morgan fingerprint density at radius 1 is 0.600 bits per heavy atom. The zero-order valence-corrected chi connectivity index (χ0v) is 36.2. The number of phenolic OH excluding ortho intramolecular Hbond substituents is 2. The molecule has 0 amide bonds. The maximum atomic E-state index is 15.8. The molecule has 0 aromatic heterocycles. The van der Waals surface area contributed by atoms with E-state index in [-0.39, 0.29) is 50.6 Å². The lowest BCUT2D eigenvalue weighted by molar-refractivity contribution is -0.463. The highest BCUT2D eigenvalue weighted by Gasteiger charge is 2.44. The van der Waals surface area contributed by atoms with Crippen LogP contribution < -0.4 is 41.1 Å². The fourth-order valence-corrected chi connectivity index (χ4v) is 9.03. The SMILES string of the molecule is [C-]#[N+]/C(C#N)=C1\C(=C2c3c(O)ccc(N(C)C)c3C(=[N+](C)C)c3c(N(C)C)ccc(O)c32)C([O-])=C1c1c2c(N)ccc(N(C)C)c2c(N(C)C)c2c(N(C)C)ccc(N)c12. The second-order valence-electron chi connectivity index (χ2n) is 16.4. The first-order valence-corrected chi connectivity index (χ1v) is 19.3. The summed E-state index contributed by atoms with van der Waals surface area (Å²) in [6, 6.07) is 16.3. The number of aromatic hydroxyl groups is 2. The number of rotatable bonds is 6. The first kappa shape index (κ1) is 40.7. The molecule has 6 N–H and O–H groups in total. The van der Waals surface area contributed by atoms with Gasteiger partial charge in [-0.05, 0) is 59.7 Å². The molecule has 0 unspecified atom stereocenters. The molecule has 0 atom stereocenters. The number of benzene rings is 5. The van der Waals surface area contributed by atoms with Gasteiger partial charge in [-0.1, -0.05) is 5.76 Å². The topological polar surface area (TPSA) is 163 Å². The van der Waals surface area contributed by atoms with Crippen LogP contribution in [0, 0.1) is 17.9 Å². The Morgan fingerprint density at radius 2 is 1.02 bits per heavy atom. The Bertz CT molecular complexity index is 2790. The van der Waals surface area contributed by atoms with Crippen molar-refractivity contribution in [2.45, 2.75) is 0 Å². The van der Waals surface area contributed by atoms with E-state index >= 15 is 5.11 Å². The summed E-state index contributed by atoms with van der Waals surface area (Å²) in [4.78, 5) is 13.5. The van der Waals surface area contributed by atoms with E-state index < -0.39 is 5.76 Å². The highest BCUT2D eigenvalue weighted by molar-refractivity contribution is 6.32. The highest BCUT2D eigenvalue weighted by atomic mass is 16.3. The second-order valence-corrected chi connectivity index (χ2v) is 16.4. The summed E-state index contributed by atoms with van der Waals surface area (Å²) in [5, 5.41) is 53.2. The van der Waals surface area contributed by atoms with Gasteiger partial charge in [0.15, 0.2) is 0 Å². The van der Waals surface area contributed by atoms with Gasteiger partial charge in [-0.15, -0.1) is 0 Å². The van der Waals surface area contributed by atoms with Crippen LogP contribution >= 0.6 is 0 Å². The van der Waals surface area contributed by atoms with Crippen molar-refractivity contribution in [3.63, 3.8) is 0 Å². The molecule has 0 heterocycles. The van der Waals surface area contributed by atoms with Crippen LogP contribution in [0.4, 0.5) is 39.8 Å². The molecule has 0 radical (unpaired) electrons. The molecular weight excluding hydrogens is 753 g/mol. The third-order valence-electron chi connectivity index (χ3n) is 11.4. The molecule has 0 fully saturated rings. The van der Waals surface area contributed by atoms with Crippen molar-refractivity contribution in [1.29, 1.82) is 5.26 Å². The molecule has 2 aliphatic rings. The second kappa shape index (κ2) is 14.4. The minimum atomic E-state index is -0.504. The Balaban J connectivity index is 1.85. The molecule has 7 rings (SSSR count). The largest absolute Gasteiger partial charge is 0.872 e. The molecule has 0 spiro atoms. The maximum Gasteiger partial charge on any atom is 0.270 e. The lowest BCUT2D eigenvalue weighted by atomic mass is 9.68. The number of hydrogen-bond donors (Lipinski definition) is 4. The molecular formula is C47H50N10O3. The number of nitrogens with two attached hydrogens (primary N) is 2. The first-order valence-electron chi connectivity index (χ1n) is 19.3. The van der Waals surface area contributed by atoms with E-state index in [4.69, 9.17) is 18.0 Å². The first-order chi connectivity index (χ1) is 28.3. The lowest BCUT2D eigenvalue weighted by Gasteiger charge is -2.42. The predicted octanol–water partition coefficient (Wildman–Crippen LogP) is 5.61. The Labute approximate surface area is 350 Å². The van der Waals surface area contributed by atoms with Crippen molar-refractivity contribution in [1.82, 2.24) is 0 Å². The van der Waals surface area contributed by atoms with Gasteiger partial charge < -0.3 is 51.3 Å². The molecule has 5 aromatic carbocycles. The van der Waals surface area contributed by atoms with Gasteiger partial charge in [0.05, 0.1) is 40.8 Å². The Hall–Kier alpha value is -7.51. The van der Waals surface area contributed by atoms with Gasteiger partial charge in [0, 0.05) is 143 Å². The van der Waals surface area contributed by atoms with Crippen LogP contribution in [0.25, 0.3) is 37.5 Å². The van der Waals surface area contributed by atoms with Gasteiger partial charge in [0.25, 0.3) is 5.70 Å². The van der Waals surface area contributed by atoms with E-state index in [0.29, 0.717) is 44.5 Å². The minimum absolute atomic E-state index is 0.0120. The van der Waals surface area contributed by atoms with Gasteiger partial charge >= 0.3 is 0 Å². The quantitative estimate of drug-likeness (QED) is 0.0545. The van der Waals surface area contributed by atoms with Crippen LogP contribution in [0.1, 0.15) is 27.8 Å². The molecule has 60 heavy (non-hydrogen) atoms. The molecule has 5 aromatic rings. The molecule has 0 aliphatic heterocycles. The third-order valence-corrected chi connectivity index (χ3v) is 11.4. The minimum Gasteiger partial charge on any atom is -0.872 e. The lowest BCUT2D eigenvalue weighted by Crippen LogP contribution is -2.31. The summed E-state index contributed by atoms with van der Waals surface area (Å²) >= 11 is 0. The highest BCUT2D eigenvalue weighted by Crippen LogP contribution is 2.60. The van der Waals surface area contributed by atoms with Crippen molar-refractivity contribution in [2.24, 2.45) is 0 Å². The van der Waals surface area contributed by atoms with Crippen molar-refractivity contribution in [3.05, 3.63) is 110 Å². The van der Waals surface area contributed by atoms with E-state index in [0.717, 1.165) is 39.2 Å². The summed E-state index contributed by atoms with van der Waals surface area (Å²) in [6.07, 6.45) is 0. The van der Waals surface area contributed by atoms with Crippen molar-refractivity contribution >= 4 is 78.2 Å². The fraction of sp³-hybridized carbons (Fsp3) is 0.255. The van der Waals surface area contributed by atoms with Crippen LogP contribution in [0.15, 0.2) is 71.1 Å². The monoisotopic (exact) mass is 802 g/mol. The Morgan fingerprint density at radius 3 is 1.37 bits per heavy atom. The summed E-state index contributed by atoms with van der Waals surface area (Å²) in [5.41, 5.74) is 21.6. The van der Waals surface area contributed by atoms with Crippen LogP contribution in [0.3, 0.4) is 0 Å². The summed E-state index contributed by atoms with van der Waals surface area (Å²) in [6.45, 7) is 8.38. The molecule has 0 saturated heterocycles. The smallest absolute Gasteiger partial charge is 0.270 e. The predicted molar refractivity (Wildman–Crippen MR) is 246 cm³/mol. The number of allylic oxidation sites excluding steroid dienone is 3. The summed E-state index contributed by atoms with van der Waals surface area (Å²) in [7, 11) is 23.0. The number of nitrogens with zero attached hydrogens (tertiary/aromatic N) is 8. The number of fused-ring (bicyclic) bond motifs is 4. The van der Waals surface area contributed by atoms with Gasteiger partial charge in [0.2, 0.25) is 5.71 Å². The number of anilines is 7. The van der Waals surface area contributed by atoms with E-state index in [1.165, 1.54) is 0 Å². The maximum absolute atomic E-state index is 15.8. The van der Waals surface area contributed by atoms with Crippen LogP contribution in [0.2, 0.25) is 0 Å². The number of nitriles is 1. The van der Waals surface area contributed by atoms with E-state index in [1.807, 2.05) is 126 Å². The van der Waals surface area contributed by atoms with Gasteiger partial charge in [0.1, 0.15) is 25.6 Å². The standard InChI is InChI=1S/C47H50N10O3/c1-51-25(22-48)34-43(41-32-23(49)14-16-26(52(2)3)35(32)45(56(10)11)36-27(53(4)5)17-15-24(50)33(36)41)47(60)44(34)42-39-30(58)20-18-28(54(6)7)37(39)46(57(12)13)38-29(55(8)9)19-21-31(59)40(38)42/h14-21H,49-50H2,2-13H3,(H2-,58,59,60)/b34-25-. The summed E-state index contributed by atoms with van der Waals surface area (Å²) < 4.78 is 1.93. The molecule has 13 nitrogen and oxygen atoms in total. The molecule has 13 heteroatoms. The summed E-state index contributed by atoms with van der Waals surface area (Å²) in [5.74, 6) is -0.799. The van der Waals surface area contributed by atoms with Crippen LogP contribution in [-0.2, 0) is 0 Å². The average molecular weight is 803 g/mol. The number of hydrogen-bond acceptors (Lipinski definition) is 11. The normalized spacial score (nSPS) is 14.0. The molecule has 0 bridgehead atoms. The zero-order valence-electron chi connectivity index (χ0n) is 36.2.